The second-order valence-electron chi connectivity index (χ2n) is 6.18. The van der Waals surface area contributed by atoms with Crippen LogP contribution in [0.3, 0.4) is 0 Å². The largest absolute Gasteiger partial charge is 0.480 e. The summed E-state index contributed by atoms with van der Waals surface area (Å²) in [5, 5.41) is 15.7. The summed E-state index contributed by atoms with van der Waals surface area (Å²) in [6, 6.07) is 12.3. The summed E-state index contributed by atoms with van der Waals surface area (Å²) in [6.07, 6.45) is 1.74. The Morgan fingerprint density at radius 3 is 2.67 bits per heavy atom. The van der Waals surface area contributed by atoms with Gasteiger partial charge in [-0.3, -0.25) is 10.6 Å². The van der Waals surface area contributed by atoms with Gasteiger partial charge in [-0.1, -0.05) is 42.5 Å². The highest BCUT2D eigenvalue weighted by molar-refractivity contribution is 5.87. The lowest BCUT2D eigenvalue weighted by Gasteiger charge is -2.21. The Bertz CT molecular complexity index is 762. The van der Waals surface area contributed by atoms with Gasteiger partial charge in [0.25, 0.3) is 0 Å². The van der Waals surface area contributed by atoms with Crippen molar-refractivity contribution in [1.29, 1.82) is 0 Å². The molecule has 24 heavy (non-hydrogen) atoms. The second-order valence-corrected chi connectivity index (χ2v) is 6.18. The standard InChI is InChI=1S/C18H21N3O3/c19-21-9-3-6-16(21)17(22)20-15(18(23)24)11-12-7-8-13-4-1-2-5-14(13)10-12/h1-2,4-5,7-8,10,15-16H,3,6,9,11,19H2,(H,20,22)(H,23,24)/t15-,16-/m0/s1. The maximum Gasteiger partial charge on any atom is 0.326 e. The number of nitrogens with zero attached hydrogens (tertiary/aromatic N) is 1. The Morgan fingerprint density at radius 1 is 1.25 bits per heavy atom. The van der Waals surface area contributed by atoms with Crippen LogP contribution in [0.25, 0.3) is 10.8 Å². The number of amides is 1. The van der Waals surface area contributed by atoms with Crippen molar-refractivity contribution in [2.75, 3.05) is 6.54 Å². The van der Waals surface area contributed by atoms with Crippen LogP contribution in [0.4, 0.5) is 0 Å². The minimum Gasteiger partial charge on any atom is -0.480 e. The molecule has 6 heteroatoms. The van der Waals surface area contributed by atoms with Gasteiger partial charge in [0.1, 0.15) is 12.1 Å². The zero-order chi connectivity index (χ0) is 17.1. The second kappa shape index (κ2) is 6.98. The van der Waals surface area contributed by atoms with Gasteiger partial charge in [-0.2, -0.15) is 0 Å². The molecule has 0 saturated carbocycles. The van der Waals surface area contributed by atoms with Gasteiger partial charge < -0.3 is 10.4 Å². The third-order valence-corrected chi connectivity index (χ3v) is 4.47. The van der Waals surface area contributed by atoms with E-state index in [1.807, 2.05) is 42.5 Å². The molecule has 6 nitrogen and oxygen atoms in total. The molecule has 126 valence electrons. The van der Waals surface area contributed by atoms with Crippen LogP contribution >= 0.6 is 0 Å². The fraction of sp³-hybridized carbons (Fsp3) is 0.333. The lowest BCUT2D eigenvalue weighted by molar-refractivity contribution is -0.142. The molecule has 0 aromatic heterocycles. The van der Waals surface area contributed by atoms with E-state index in [9.17, 15) is 14.7 Å². The highest BCUT2D eigenvalue weighted by Crippen LogP contribution is 2.17. The topological polar surface area (TPSA) is 95.7 Å². The van der Waals surface area contributed by atoms with Crippen molar-refractivity contribution < 1.29 is 14.7 Å². The zero-order valence-corrected chi connectivity index (χ0v) is 13.3. The molecule has 2 aromatic rings. The predicted octanol–water partition coefficient (Wildman–Crippen LogP) is 1.29. The number of hydrogen-bond donors (Lipinski definition) is 3. The molecule has 1 heterocycles. The molecule has 4 N–H and O–H groups in total. The quantitative estimate of drug-likeness (QED) is 0.719. The first kappa shape index (κ1) is 16.4. The van der Waals surface area contributed by atoms with Crippen molar-refractivity contribution in [2.45, 2.75) is 31.3 Å². The van der Waals surface area contributed by atoms with Gasteiger partial charge in [0.15, 0.2) is 0 Å². The Balaban J connectivity index is 1.73. The van der Waals surface area contributed by atoms with Crippen molar-refractivity contribution >= 4 is 22.6 Å². The van der Waals surface area contributed by atoms with E-state index < -0.39 is 18.1 Å². The van der Waals surface area contributed by atoms with Crippen LogP contribution in [0.5, 0.6) is 0 Å². The van der Waals surface area contributed by atoms with Crippen LogP contribution < -0.4 is 11.2 Å². The number of carboxylic acid groups (broad SMARTS) is 1. The SMILES string of the molecule is NN1CCC[C@H]1C(=O)N[C@@H](Cc1ccc2ccccc2c1)C(=O)O. The first-order valence-electron chi connectivity index (χ1n) is 8.07. The summed E-state index contributed by atoms with van der Waals surface area (Å²) in [7, 11) is 0. The molecule has 1 saturated heterocycles. The highest BCUT2D eigenvalue weighted by Gasteiger charge is 2.31. The van der Waals surface area contributed by atoms with Crippen LogP contribution in [0.15, 0.2) is 42.5 Å². The molecular weight excluding hydrogens is 306 g/mol. The molecule has 0 spiro atoms. The number of rotatable bonds is 5. The summed E-state index contributed by atoms with van der Waals surface area (Å²) < 4.78 is 0. The van der Waals surface area contributed by atoms with Gasteiger partial charge in [-0.15, -0.1) is 0 Å². The number of carboxylic acids is 1. The summed E-state index contributed by atoms with van der Waals surface area (Å²) >= 11 is 0. The molecule has 0 aliphatic carbocycles. The van der Waals surface area contributed by atoms with Crippen molar-refractivity contribution in [3.8, 4) is 0 Å². The number of carbonyl (C=O) groups is 2. The van der Waals surface area contributed by atoms with Gasteiger partial charge in [0.05, 0.1) is 0 Å². The van der Waals surface area contributed by atoms with E-state index in [2.05, 4.69) is 5.32 Å². The van der Waals surface area contributed by atoms with Gasteiger partial charge in [-0.25, -0.2) is 9.80 Å². The Kier molecular flexibility index (Phi) is 4.78. The third kappa shape index (κ3) is 3.55. The van der Waals surface area contributed by atoms with E-state index in [-0.39, 0.29) is 12.3 Å². The first-order valence-corrected chi connectivity index (χ1v) is 8.07. The van der Waals surface area contributed by atoms with E-state index in [1.54, 1.807) is 0 Å². The Morgan fingerprint density at radius 2 is 2.00 bits per heavy atom. The van der Waals surface area contributed by atoms with Crippen LogP contribution in [0, 0.1) is 0 Å². The van der Waals surface area contributed by atoms with E-state index in [0.29, 0.717) is 13.0 Å². The van der Waals surface area contributed by atoms with Crippen molar-refractivity contribution in [2.24, 2.45) is 5.84 Å². The minimum absolute atomic E-state index is 0.239. The monoisotopic (exact) mass is 327 g/mol. The molecule has 2 aromatic carbocycles. The van der Waals surface area contributed by atoms with Crippen LogP contribution in [0.2, 0.25) is 0 Å². The zero-order valence-electron chi connectivity index (χ0n) is 13.3. The molecule has 1 aliphatic heterocycles. The van der Waals surface area contributed by atoms with Crippen molar-refractivity contribution in [1.82, 2.24) is 10.3 Å². The Hall–Kier alpha value is -2.44. The van der Waals surface area contributed by atoms with Crippen LogP contribution in [-0.4, -0.2) is 40.6 Å². The third-order valence-electron chi connectivity index (χ3n) is 4.47. The smallest absolute Gasteiger partial charge is 0.326 e. The van der Waals surface area contributed by atoms with E-state index in [0.717, 1.165) is 22.8 Å². The first-order chi connectivity index (χ1) is 11.5. The number of carbonyl (C=O) groups excluding carboxylic acids is 1. The predicted molar refractivity (Wildman–Crippen MR) is 91.1 cm³/mol. The fourth-order valence-electron chi connectivity index (χ4n) is 3.14. The van der Waals surface area contributed by atoms with Crippen LogP contribution in [0.1, 0.15) is 18.4 Å². The molecule has 1 amide bonds. The number of fused-ring (bicyclic) bond motifs is 1. The maximum atomic E-state index is 12.3. The lowest BCUT2D eigenvalue weighted by atomic mass is 10.0. The summed E-state index contributed by atoms with van der Waals surface area (Å²) in [6.45, 7) is 0.653. The lowest BCUT2D eigenvalue weighted by Crippen LogP contribution is -2.51. The number of hydrazine groups is 1. The number of nitrogens with one attached hydrogen (secondary N) is 1. The Labute approximate surface area is 140 Å². The van der Waals surface area contributed by atoms with Crippen molar-refractivity contribution in [3.05, 3.63) is 48.0 Å². The molecule has 1 fully saturated rings. The van der Waals surface area contributed by atoms with Crippen LogP contribution in [-0.2, 0) is 16.0 Å². The van der Waals surface area contributed by atoms with Crippen molar-refractivity contribution in [3.63, 3.8) is 0 Å². The number of nitrogens with two attached hydrogens (primary N) is 1. The molecule has 0 radical (unpaired) electrons. The van der Waals surface area contributed by atoms with E-state index in [4.69, 9.17) is 5.84 Å². The normalized spacial score (nSPS) is 19.3. The molecule has 0 bridgehead atoms. The fourth-order valence-corrected chi connectivity index (χ4v) is 3.14. The average Bonchev–Trinajstić information content (AvgIpc) is 3.00. The molecule has 1 aliphatic rings. The van der Waals surface area contributed by atoms with Gasteiger partial charge >= 0.3 is 5.97 Å². The number of hydrogen-bond acceptors (Lipinski definition) is 4. The number of aliphatic carboxylic acids is 1. The van der Waals surface area contributed by atoms with Gasteiger partial charge in [-0.05, 0) is 29.2 Å². The minimum atomic E-state index is -1.04. The molecule has 2 atom stereocenters. The average molecular weight is 327 g/mol. The summed E-state index contributed by atoms with van der Waals surface area (Å²) in [5.74, 6) is 4.41. The van der Waals surface area contributed by atoms with Gasteiger partial charge in [0.2, 0.25) is 5.91 Å². The maximum absolute atomic E-state index is 12.3. The molecule has 0 unspecified atom stereocenters. The number of benzene rings is 2. The van der Waals surface area contributed by atoms with E-state index >= 15 is 0 Å². The molecular formula is C18H21N3O3. The highest BCUT2D eigenvalue weighted by atomic mass is 16.4. The molecule has 3 rings (SSSR count). The summed E-state index contributed by atoms with van der Waals surface area (Å²) in [5.41, 5.74) is 0.873. The summed E-state index contributed by atoms with van der Waals surface area (Å²) in [4.78, 5) is 23.8. The van der Waals surface area contributed by atoms with E-state index in [1.165, 1.54) is 5.01 Å². The van der Waals surface area contributed by atoms with Gasteiger partial charge in [0, 0.05) is 13.0 Å².